The minimum absolute atomic E-state index is 0.0551. The summed E-state index contributed by atoms with van der Waals surface area (Å²) >= 11 is 11.1. The van der Waals surface area contributed by atoms with E-state index in [4.69, 9.17) is 23.2 Å². The van der Waals surface area contributed by atoms with E-state index < -0.39 is 0 Å². The molecule has 160 valence electrons. The summed E-state index contributed by atoms with van der Waals surface area (Å²) in [5.41, 5.74) is 0. The first kappa shape index (κ1) is 26.9. The van der Waals surface area contributed by atoms with Crippen molar-refractivity contribution in [2.45, 2.75) is 123 Å². The van der Waals surface area contributed by atoms with Crippen molar-refractivity contribution < 1.29 is 9.59 Å². The van der Waals surface area contributed by atoms with Crippen LogP contribution < -0.4 is 0 Å². The standard InChI is InChI=1S/C23H42Cl2O2/c1-3-20(21(4-2)23(25)27)18-16-14-12-10-8-6-5-7-9-11-13-15-17-19-22(24)26/h20-21H,3-19H2,1-2H3. The maximum atomic E-state index is 11.5. The molecule has 0 heterocycles. The Balaban J connectivity index is 3.37. The second kappa shape index (κ2) is 19.2. The molecular formula is C23H42Cl2O2. The van der Waals surface area contributed by atoms with E-state index >= 15 is 0 Å². The highest BCUT2D eigenvalue weighted by Gasteiger charge is 2.23. The zero-order valence-corrected chi connectivity index (χ0v) is 19.3. The fraction of sp³-hybridized carbons (Fsp3) is 0.913. The topological polar surface area (TPSA) is 34.1 Å². The minimum Gasteiger partial charge on any atom is -0.281 e. The molecule has 0 aromatic rings. The summed E-state index contributed by atoms with van der Waals surface area (Å²) in [5.74, 6) is 0.523. The summed E-state index contributed by atoms with van der Waals surface area (Å²) in [4.78, 5) is 22.1. The normalized spacial score (nSPS) is 13.5. The van der Waals surface area contributed by atoms with Gasteiger partial charge in [-0.25, -0.2) is 0 Å². The fourth-order valence-electron chi connectivity index (χ4n) is 3.98. The molecule has 2 atom stereocenters. The summed E-state index contributed by atoms with van der Waals surface area (Å²) < 4.78 is 0. The van der Waals surface area contributed by atoms with Crippen LogP contribution in [0.5, 0.6) is 0 Å². The number of rotatable bonds is 20. The van der Waals surface area contributed by atoms with E-state index in [1.165, 1.54) is 70.6 Å². The van der Waals surface area contributed by atoms with Gasteiger partial charge in [-0.2, -0.15) is 0 Å². The van der Waals surface area contributed by atoms with Crippen molar-refractivity contribution in [3.63, 3.8) is 0 Å². The Morgan fingerprint density at radius 3 is 1.37 bits per heavy atom. The average Bonchev–Trinajstić information content (AvgIpc) is 2.63. The van der Waals surface area contributed by atoms with Gasteiger partial charge in [0.2, 0.25) is 10.5 Å². The summed E-state index contributed by atoms with van der Waals surface area (Å²) in [5, 5.41) is -0.342. The van der Waals surface area contributed by atoms with Crippen LogP contribution in [0, 0.1) is 11.8 Å². The number of hydrogen-bond acceptors (Lipinski definition) is 2. The van der Waals surface area contributed by atoms with Crippen LogP contribution in [-0.4, -0.2) is 10.5 Å². The monoisotopic (exact) mass is 420 g/mol. The molecule has 0 saturated heterocycles. The Bertz CT molecular complexity index is 371. The fourth-order valence-corrected chi connectivity index (χ4v) is 4.45. The predicted octanol–water partition coefficient (Wildman–Crippen LogP) is 8.42. The van der Waals surface area contributed by atoms with Gasteiger partial charge in [-0.15, -0.1) is 0 Å². The van der Waals surface area contributed by atoms with Gasteiger partial charge in [0.25, 0.3) is 0 Å². The maximum Gasteiger partial charge on any atom is 0.224 e. The first-order chi connectivity index (χ1) is 13.0. The molecule has 4 heteroatoms. The molecule has 0 rings (SSSR count). The molecule has 0 amide bonds. The molecule has 27 heavy (non-hydrogen) atoms. The quantitative estimate of drug-likeness (QED) is 0.146. The maximum absolute atomic E-state index is 11.5. The van der Waals surface area contributed by atoms with Crippen molar-refractivity contribution in [2.75, 3.05) is 0 Å². The van der Waals surface area contributed by atoms with Crippen LogP contribution in [0.3, 0.4) is 0 Å². The van der Waals surface area contributed by atoms with Gasteiger partial charge in [0.1, 0.15) is 0 Å². The third-order valence-electron chi connectivity index (χ3n) is 5.77. The zero-order chi connectivity index (χ0) is 20.3. The molecule has 0 aliphatic heterocycles. The van der Waals surface area contributed by atoms with Gasteiger partial charge in [-0.3, -0.25) is 9.59 Å². The predicted molar refractivity (Wildman–Crippen MR) is 119 cm³/mol. The number of carbonyl (C=O) groups excluding carboxylic acids is 2. The van der Waals surface area contributed by atoms with E-state index in [1.54, 1.807) is 0 Å². The van der Waals surface area contributed by atoms with Gasteiger partial charge in [-0.05, 0) is 48.4 Å². The lowest BCUT2D eigenvalue weighted by molar-refractivity contribution is -0.117. The van der Waals surface area contributed by atoms with Crippen molar-refractivity contribution in [3.8, 4) is 0 Å². The van der Waals surface area contributed by atoms with Crippen molar-refractivity contribution in [1.29, 1.82) is 0 Å². The molecule has 0 aromatic carbocycles. The Labute approximate surface area is 178 Å². The Morgan fingerprint density at radius 2 is 1.04 bits per heavy atom. The lowest BCUT2D eigenvalue weighted by Gasteiger charge is -2.21. The SMILES string of the molecule is CCC(CCCCCCCCCCCCCCCC(=O)Cl)C(CC)C(=O)Cl. The lowest BCUT2D eigenvalue weighted by Crippen LogP contribution is -2.19. The average molecular weight is 421 g/mol. The molecule has 2 unspecified atom stereocenters. The summed E-state index contributed by atoms with van der Waals surface area (Å²) in [6.07, 6.45) is 20.1. The van der Waals surface area contributed by atoms with E-state index in [0.29, 0.717) is 12.3 Å². The van der Waals surface area contributed by atoms with Crippen molar-refractivity contribution in [1.82, 2.24) is 0 Å². The first-order valence-electron chi connectivity index (χ1n) is 11.4. The lowest BCUT2D eigenvalue weighted by atomic mass is 9.84. The molecule has 0 spiro atoms. The van der Waals surface area contributed by atoms with E-state index in [1.807, 2.05) is 0 Å². The van der Waals surface area contributed by atoms with Gasteiger partial charge in [0.05, 0.1) is 0 Å². The van der Waals surface area contributed by atoms with Crippen LogP contribution in [0.15, 0.2) is 0 Å². The molecular weight excluding hydrogens is 379 g/mol. The molecule has 0 bridgehead atoms. The second-order valence-corrected chi connectivity index (χ2v) is 8.77. The molecule has 0 fully saturated rings. The van der Waals surface area contributed by atoms with Gasteiger partial charge in [0.15, 0.2) is 0 Å². The van der Waals surface area contributed by atoms with E-state index in [-0.39, 0.29) is 16.4 Å². The molecule has 0 aliphatic rings. The highest BCUT2D eigenvalue weighted by Crippen LogP contribution is 2.27. The van der Waals surface area contributed by atoms with Crippen molar-refractivity contribution in [3.05, 3.63) is 0 Å². The highest BCUT2D eigenvalue weighted by molar-refractivity contribution is 6.64. The van der Waals surface area contributed by atoms with Crippen LogP contribution in [0.2, 0.25) is 0 Å². The minimum atomic E-state index is -0.198. The van der Waals surface area contributed by atoms with E-state index in [9.17, 15) is 9.59 Å². The van der Waals surface area contributed by atoms with Crippen LogP contribution in [0.4, 0.5) is 0 Å². The molecule has 0 aromatic heterocycles. The van der Waals surface area contributed by atoms with Crippen LogP contribution >= 0.6 is 23.2 Å². The van der Waals surface area contributed by atoms with Gasteiger partial charge >= 0.3 is 0 Å². The Hall–Kier alpha value is -0.0800. The molecule has 0 aliphatic carbocycles. The summed E-state index contributed by atoms with van der Waals surface area (Å²) in [6, 6.07) is 0. The van der Waals surface area contributed by atoms with Crippen LogP contribution in [-0.2, 0) is 9.59 Å². The number of carbonyl (C=O) groups is 2. The van der Waals surface area contributed by atoms with E-state index in [2.05, 4.69) is 13.8 Å². The summed E-state index contributed by atoms with van der Waals surface area (Å²) in [6.45, 7) is 4.24. The molecule has 2 nitrogen and oxygen atoms in total. The highest BCUT2D eigenvalue weighted by atomic mass is 35.5. The van der Waals surface area contributed by atoms with Crippen molar-refractivity contribution >= 4 is 33.7 Å². The van der Waals surface area contributed by atoms with E-state index in [0.717, 1.165) is 32.1 Å². The molecule has 0 N–H and O–H groups in total. The molecule has 0 saturated carbocycles. The number of halogens is 2. The number of unbranched alkanes of at least 4 members (excludes halogenated alkanes) is 12. The third-order valence-corrected chi connectivity index (χ3v) is 6.24. The first-order valence-corrected chi connectivity index (χ1v) is 12.2. The van der Waals surface area contributed by atoms with Crippen molar-refractivity contribution in [2.24, 2.45) is 11.8 Å². The molecule has 0 radical (unpaired) electrons. The smallest absolute Gasteiger partial charge is 0.224 e. The van der Waals surface area contributed by atoms with Crippen LogP contribution in [0.25, 0.3) is 0 Å². The van der Waals surface area contributed by atoms with Gasteiger partial charge in [0, 0.05) is 12.3 Å². The number of hydrogen-bond donors (Lipinski definition) is 0. The summed E-state index contributed by atoms with van der Waals surface area (Å²) in [7, 11) is 0. The Morgan fingerprint density at radius 1 is 0.630 bits per heavy atom. The zero-order valence-electron chi connectivity index (χ0n) is 17.7. The van der Waals surface area contributed by atoms with Crippen LogP contribution in [0.1, 0.15) is 123 Å². The largest absolute Gasteiger partial charge is 0.281 e. The Kier molecular flexibility index (Phi) is 19.2. The van der Waals surface area contributed by atoms with Gasteiger partial charge in [-0.1, -0.05) is 97.3 Å². The third kappa shape index (κ3) is 16.6. The second-order valence-electron chi connectivity index (χ2n) is 7.98. The van der Waals surface area contributed by atoms with Gasteiger partial charge < -0.3 is 0 Å².